The Morgan fingerprint density at radius 3 is 2.30 bits per heavy atom. The van der Waals surface area contributed by atoms with Crippen LogP contribution in [-0.2, 0) is 10.3 Å². The van der Waals surface area contributed by atoms with E-state index in [0.29, 0.717) is 5.69 Å². The van der Waals surface area contributed by atoms with E-state index in [9.17, 15) is 4.79 Å². The van der Waals surface area contributed by atoms with Crippen LogP contribution >= 0.6 is 15.9 Å². The molecule has 5 heteroatoms. The Bertz CT molecular complexity index is 493. The molecule has 20 heavy (non-hydrogen) atoms. The molecule has 0 spiro atoms. The van der Waals surface area contributed by atoms with E-state index in [2.05, 4.69) is 40.4 Å². The number of ether oxygens (including phenoxy) is 1. The number of carbonyl (C=O) groups excluding carboxylic acids is 1. The molecule has 0 aliphatic carbocycles. The van der Waals surface area contributed by atoms with E-state index in [1.165, 1.54) is 0 Å². The summed E-state index contributed by atoms with van der Waals surface area (Å²) < 4.78 is 6.08. The van der Waals surface area contributed by atoms with E-state index in [1.54, 1.807) is 0 Å². The molecule has 1 aromatic rings. The molecule has 0 saturated heterocycles. The predicted molar refractivity (Wildman–Crippen MR) is 86.1 cm³/mol. The molecule has 1 rings (SSSR count). The van der Waals surface area contributed by atoms with E-state index in [1.807, 2.05) is 46.0 Å². The smallest absolute Gasteiger partial charge is 0.412 e. The van der Waals surface area contributed by atoms with E-state index in [4.69, 9.17) is 4.74 Å². The van der Waals surface area contributed by atoms with Gasteiger partial charge in [0.25, 0.3) is 0 Å². The summed E-state index contributed by atoms with van der Waals surface area (Å²) in [5.41, 5.74) is 1.08. The van der Waals surface area contributed by atoms with Crippen LogP contribution in [0.25, 0.3) is 0 Å². The molecule has 0 aromatic heterocycles. The van der Waals surface area contributed by atoms with Gasteiger partial charge in [-0.05, 0) is 75.3 Å². The lowest BCUT2D eigenvalue weighted by Gasteiger charge is -2.26. The van der Waals surface area contributed by atoms with Gasteiger partial charge >= 0.3 is 6.09 Å². The maximum Gasteiger partial charge on any atom is 0.412 e. The Labute approximate surface area is 129 Å². The number of hydrogen-bond acceptors (Lipinski definition) is 3. The zero-order valence-corrected chi connectivity index (χ0v) is 14.5. The number of amides is 1. The summed E-state index contributed by atoms with van der Waals surface area (Å²) in [6.07, 6.45) is -0.461. The van der Waals surface area contributed by atoms with Crippen molar-refractivity contribution in [2.45, 2.75) is 45.8 Å². The Morgan fingerprint density at radius 2 is 1.80 bits per heavy atom. The third kappa shape index (κ3) is 4.80. The summed E-state index contributed by atoms with van der Waals surface area (Å²) in [6.45, 7) is 9.66. The second kappa shape index (κ2) is 6.14. The average molecular weight is 343 g/mol. The molecule has 0 bridgehead atoms. The van der Waals surface area contributed by atoms with Gasteiger partial charge in [-0.3, -0.25) is 5.32 Å². The minimum Gasteiger partial charge on any atom is -0.444 e. The van der Waals surface area contributed by atoms with Gasteiger partial charge in [-0.2, -0.15) is 0 Å². The van der Waals surface area contributed by atoms with Gasteiger partial charge in [0.2, 0.25) is 0 Å². The number of anilines is 1. The third-order valence-corrected chi connectivity index (χ3v) is 3.64. The highest BCUT2D eigenvalue weighted by Gasteiger charge is 2.21. The van der Waals surface area contributed by atoms with Crippen LogP contribution in [0.15, 0.2) is 22.7 Å². The van der Waals surface area contributed by atoms with Gasteiger partial charge < -0.3 is 10.1 Å². The van der Waals surface area contributed by atoms with Crippen LogP contribution in [0.5, 0.6) is 0 Å². The zero-order chi connectivity index (χ0) is 15.6. The predicted octanol–water partition coefficient (Wildman–Crippen LogP) is 4.25. The van der Waals surface area contributed by atoms with Crippen molar-refractivity contribution in [3.8, 4) is 0 Å². The fourth-order valence-electron chi connectivity index (χ4n) is 1.57. The van der Waals surface area contributed by atoms with Gasteiger partial charge in [-0.25, -0.2) is 4.79 Å². The second-order valence-electron chi connectivity index (χ2n) is 6.20. The lowest BCUT2D eigenvalue weighted by molar-refractivity contribution is 0.0636. The van der Waals surface area contributed by atoms with Gasteiger partial charge in [0.1, 0.15) is 5.60 Å². The van der Waals surface area contributed by atoms with E-state index < -0.39 is 11.7 Å². The lowest BCUT2D eigenvalue weighted by Crippen LogP contribution is -2.33. The second-order valence-corrected chi connectivity index (χ2v) is 7.05. The number of hydrogen-bond donors (Lipinski definition) is 2. The zero-order valence-electron chi connectivity index (χ0n) is 12.9. The fourth-order valence-corrected chi connectivity index (χ4v) is 1.91. The van der Waals surface area contributed by atoms with Gasteiger partial charge in [-0.15, -0.1) is 0 Å². The van der Waals surface area contributed by atoms with Gasteiger partial charge in [0, 0.05) is 10.0 Å². The van der Waals surface area contributed by atoms with Crippen LogP contribution < -0.4 is 10.6 Å². The first-order valence-corrected chi connectivity index (χ1v) is 7.33. The van der Waals surface area contributed by atoms with Crippen molar-refractivity contribution in [1.82, 2.24) is 5.32 Å². The topological polar surface area (TPSA) is 50.4 Å². The Morgan fingerprint density at radius 1 is 1.20 bits per heavy atom. The summed E-state index contributed by atoms with van der Waals surface area (Å²) in [5.74, 6) is 0. The van der Waals surface area contributed by atoms with Crippen molar-refractivity contribution in [2.24, 2.45) is 0 Å². The first-order valence-electron chi connectivity index (χ1n) is 6.54. The van der Waals surface area contributed by atoms with Crippen molar-refractivity contribution in [3.05, 3.63) is 28.2 Å². The molecule has 0 aliphatic heterocycles. The normalized spacial score (nSPS) is 12.2. The summed E-state index contributed by atoms with van der Waals surface area (Å²) in [6, 6.07) is 5.87. The van der Waals surface area contributed by atoms with Gasteiger partial charge in [0.15, 0.2) is 0 Å². The summed E-state index contributed by atoms with van der Waals surface area (Å²) in [7, 11) is 1.91. The molecular weight excluding hydrogens is 320 g/mol. The van der Waals surface area contributed by atoms with Crippen molar-refractivity contribution >= 4 is 27.7 Å². The first-order chi connectivity index (χ1) is 9.05. The maximum absolute atomic E-state index is 11.8. The minimum absolute atomic E-state index is 0.176. The lowest BCUT2D eigenvalue weighted by atomic mass is 9.94. The van der Waals surface area contributed by atoms with Crippen LogP contribution in [0.2, 0.25) is 0 Å². The van der Waals surface area contributed by atoms with Gasteiger partial charge in [0.05, 0.1) is 5.69 Å². The standard InChI is InChI=1S/C15H23BrN2O2/c1-14(2,3)20-13(19)18-12-9-10(7-8-11(12)16)15(4,5)17-6/h7-9,17H,1-6H3,(H,18,19). The van der Waals surface area contributed by atoms with Crippen molar-refractivity contribution in [3.63, 3.8) is 0 Å². The average Bonchev–Trinajstić information content (AvgIpc) is 2.29. The fraction of sp³-hybridized carbons (Fsp3) is 0.533. The highest BCUT2D eigenvalue weighted by atomic mass is 79.9. The van der Waals surface area contributed by atoms with Crippen LogP contribution in [0.1, 0.15) is 40.2 Å². The van der Waals surface area contributed by atoms with E-state index >= 15 is 0 Å². The molecule has 2 N–H and O–H groups in total. The Hall–Kier alpha value is -1.07. The Kier molecular flexibility index (Phi) is 5.21. The quantitative estimate of drug-likeness (QED) is 0.863. The molecule has 0 aliphatic rings. The highest BCUT2D eigenvalue weighted by molar-refractivity contribution is 9.10. The van der Waals surface area contributed by atoms with E-state index in [0.717, 1.165) is 10.0 Å². The van der Waals surface area contributed by atoms with E-state index in [-0.39, 0.29) is 5.54 Å². The third-order valence-electron chi connectivity index (χ3n) is 2.95. The van der Waals surface area contributed by atoms with Crippen LogP contribution in [0.3, 0.4) is 0 Å². The molecule has 0 atom stereocenters. The largest absolute Gasteiger partial charge is 0.444 e. The van der Waals surface area contributed by atoms with Crippen molar-refractivity contribution < 1.29 is 9.53 Å². The minimum atomic E-state index is -0.515. The highest BCUT2D eigenvalue weighted by Crippen LogP contribution is 2.29. The number of halogens is 1. The number of benzene rings is 1. The molecule has 1 amide bonds. The number of rotatable bonds is 3. The molecule has 0 saturated carbocycles. The molecule has 1 aromatic carbocycles. The molecule has 4 nitrogen and oxygen atoms in total. The molecule has 112 valence electrons. The Balaban J connectivity index is 2.96. The summed E-state index contributed by atoms with van der Waals surface area (Å²) >= 11 is 3.44. The molecular formula is C15H23BrN2O2. The van der Waals surface area contributed by atoms with Crippen LogP contribution in [-0.4, -0.2) is 18.7 Å². The summed E-state index contributed by atoms with van der Waals surface area (Å²) in [4.78, 5) is 11.8. The van der Waals surface area contributed by atoms with Crippen LogP contribution in [0.4, 0.5) is 10.5 Å². The van der Waals surface area contributed by atoms with Gasteiger partial charge in [-0.1, -0.05) is 6.07 Å². The monoisotopic (exact) mass is 342 g/mol. The molecule has 0 radical (unpaired) electrons. The maximum atomic E-state index is 11.8. The number of carbonyl (C=O) groups is 1. The van der Waals surface area contributed by atoms with Crippen LogP contribution in [0, 0.1) is 0 Å². The molecule has 0 fully saturated rings. The molecule has 0 heterocycles. The SMILES string of the molecule is CNC(C)(C)c1ccc(Br)c(NC(=O)OC(C)(C)C)c1. The van der Waals surface area contributed by atoms with Crippen molar-refractivity contribution in [1.29, 1.82) is 0 Å². The van der Waals surface area contributed by atoms with Crippen molar-refractivity contribution in [2.75, 3.05) is 12.4 Å². The summed E-state index contributed by atoms with van der Waals surface area (Å²) in [5, 5.41) is 6.00. The number of nitrogens with one attached hydrogen (secondary N) is 2. The molecule has 0 unspecified atom stereocenters. The first kappa shape index (κ1) is 17.0.